The van der Waals surface area contributed by atoms with Crippen LogP contribution in [0.4, 0.5) is 8.78 Å². The van der Waals surface area contributed by atoms with Gasteiger partial charge in [-0.15, -0.1) is 0 Å². The fourth-order valence-corrected chi connectivity index (χ4v) is 1.76. The highest BCUT2D eigenvalue weighted by Gasteiger charge is 2.12. The van der Waals surface area contributed by atoms with Gasteiger partial charge in [-0.05, 0) is 24.3 Å². The molecule has 0 atom stereocenters. The molecule has 2 rings (SSSR count). The molecule has 2 nitrogen and oxygen atoms in total. The number of carbonyl (C=O) groups is 1. The predicted octanol–water partition coefficient (Wildman–Crippen LogP) is 4.88. The predicted molar refractivity (Wildman–Crippen MR) is 68.3 cm³/mol. The first-order valence-electron chi connectivity index (χ1n) is 5.08. The number of benzene rings is 2. The van der Waals surface area contributed by atoms with Crippen molar-refractivity contribution in [1.29, 1.82) is 0 Å². The number of aldehydes is 1. The SMILES string of the molecule is O=Cc1cc(F)c(Cl)cc1Oc1ccc(F)cc1Cl. The second kappa shape index (κ2) is 5.55. The third-order valence-corrected chi connectivity index (χ3v) is 2.88. The zero-order chi connectivity index (χ0) is 14.0. The van der Waals surface area contributed by atoms with Crippen LogP contribution in [0.3, 0.4) is 0 Å². The van der Waals surface area contributed by atoms with E-state index in [0.717, 1.165) is 24.3 Å². The van der Waals surface area contributed by atoms with Crippen LogP contribution in [0.1, 0.15) is 10.4 Å². The lowest BCUT2D eigenvalue weighted by Crippen LogP contribution is -1.93. The molecule has 0 saturated heterocycles. The first kappa shape index (κ1) is 13.8. The summed E-state index contributed by atoms with van der Waals surface area (Å²) in [6, 6.07) is 5.60. The van der Waals surface area contributed by atoms with Gasteiger partial charge in [0.25, 0.3) is 0 Å². The smallest absolute Gasteiger partial charge is 0.153 e. The Bertz CT molecular complexity index is 645. The normalized spacial score (nSPS) is 10.3. The molecular weight excluding hydrogens is 297 g/mol. The van der Waals surface area contributed by atoms with Crippen LogP contribution >= 0.6 is 23.2 Å². The largest absolute Gasteiger partial charge is 0.455 e. The highest BCUT2D eigenvalue weighted by Crippen LogP contribution is 2.33. The number of hydrogen-bond acceptors (Lipinski definition) is 2. The van der Waals surface area contributed by atoms with Crippen molar-refractivity contribution in [2.45, 2.75) is 0 Å². The van der Waals surface area contributed by atoms with Gasteiger partial charge in [0, 0.05) is 6.07 Å². The Morgan fingerprint density at radius 3 is 2.37 bits per heavy atom. The van der Waals surface area contributed by atoms with E-state index < -0.39 is 11.6 Å². The summed E-state index contributed by atoms with van der Waals surface area (Å²) in [4.78, 5) is 10.8. The van der Waals surface area contributed by atoms with E-state index in [4.69, 9.17) is 27.9 Å². The molecule has 0 aliphatic rings. The van der Waals surface area contributed by atoms with E-state index in [1.165, 1.54) is 6.07 Å². The minimum Gasteiger partial charge on any atom is -0.455 e. The van der Waals surface area contributed by atoms with E-state index in [2.05, 4.69) is 0 Å². The molecule has 0 N–H and O–H groups in total. The Morgan fingerprint density at radius 2 is 1.74 bits per heavy atom. The zero-order valence-corrected chi connectivity index (χ0v) is 10.8. The van der Waals surface area contributed by atoms with Gasteiger partial charge in [-0.3, -0.25) is 4.79 Å². The number of rotatable bonds is 3. The monoisotopic (exact) mass is 302 g/mol. The van der Waals surface area contributed by atoms with E-state index in [1.54, 1.807) is 0 Å². The maximum atomic E-state index is 13.2. The minimum absolute atomic E-state index is 0.0253. The highest BCUT2D eigenvalue weighted by molar-refractivity contribution is 6.32. The minimum atomic E-state index is -0.735. The van der Waals surface area contributed by atoms with Crippen molar-refractivity contribution in [1.82, 2.24) is 0 Å². The van der Waals surface area contributed by atoms with Crippen LogP contribution in [0.5, 0.6) is 11.5 Å². The number of ether oxygens (including phenoxy) is 1. The fraction of sp³-hybridized carbons (Fsp3) is 0. The molecule has 0 amide bonds. The van der Waals surface area contributed by atoms with Crippen LogP contribution in [0.2, 0.25) is 10.0 Å². The fourth-order valence-electron chi connectivity index (χ4n) is 1.40. The highest BCUT2D eigenvalue weighted by atomic mass is 35.5. The molecule has 2 aromatic carbocycles. The third-order valence-electron chi connectivity index (χ3n) is 2.29. The van der Waals surface area contributed by atoms with Crippen LogP contribution in [0.25, 0.3) is 0 Å². The average Bonchev–Trinajstić information content (AvgIpc) is 2.36. The molecule has 0 aromatic heterocycles. The number of carbonyl (C=O) groups excluding carboxylic acids is 1. The van der Waals surface area contributed by atoms with Crippen molar-refractivity contribution < 1.29 is 18.3 Å². The van der Waals surface area contributed by atoms with Crippen LogP contribution in [-0.2, 0) is 0 Å². The quantitative estimate of drug-likeness (QED) is 0.756. The van der Waals surface area contributed by atoms with Crippen LogP contribution in [-0.4, -0.2) is 6.29 Å². The Kier molecular flexibility index (Phi) is 4.02. The van der Waals surface area contributed by atoms with Gasteiger partial charge in [0.1, 0.15) is 23.1 Å². The molecule has 6 heteroatoms. The first-order valence-corrected chi connectivity index (χ1v) is 5.84. The molecule has 19 heavy (non-hydrogen) atoms. The Balaban J connectivity index is 2.42. The maximum absolute atomic E-state index is 13.2. The second-order valence-corrected chi connectivity index (χ2v) is 4.41. The molecule has 2 aromatic rings. The summed E-state index contributed by atoms with van der Waals surface area (Å²) >= 11 is 11.4. The lowest BCUT2D eigenvalue weighted by atomic mass is 10.2. The Hall–Kier alpha value is -1.65. The molecule has 0 aliphatic carbocycles. The van der Waals surface area contributed by atoms with Crippen molar-refractivity contribution in [2.75, 3.05) is 0 Å². The molecule has 0 spiro atoms. The van der Waals surface area contributed by atoms with Crippen molar-refractivity contribution >= 4 is 29.5 Å². The van der Waals surface area contributed by atoms with E-state index in [0.29, 0.717) is 6.29 Å². The Morgan fingerprint density at radius 1 is 1.00 bits per heavy atom. The maximum Gasteiger partial charge on any atom is 0.153 e. The topological polar surface area (TPSA) is 26.3 Å². The third kappa shape index (κ3) is 3.03. The molecule has 0 heterocycles. The summed E-state index contributed by atoms with van der Waals surface area (Å²) in [6.45, 7) is 0. The van der Waals surface area contributed by atoms with Gasteiger partial charge in [0.2, 0.25) is 0 Å². The first-order chi connectivity index (χ1) is 9.01. The summed E-state index contributed by atoms with van der Waals surface area (Å²) < 4.78 is 31.4. The van der Waals surface area contributed by atoms with Gasteiger partial charge < -0.3 is 4.74 Å². The van der Waals surface area contributed by atoms with Gasteiger partial charge in [-0.1, -0.05) is 23.2 Å². The van der Waals surface area contributed by atoms with Crippen molar-refractivity contribution in [3.63, 3.8) is 0 Å². The molecule has 0 radical (unpaired) electrons. The van der Waals surface area contributed by atoms with Gasteiger partial charge in [0.15, 0.2) is 6.29 Å². The number of halogens is 4. The average molecular weight is 303 g/mol. The van der Waals surface area contributed by atoms with E-state index in [-0.39, 0.29) is 27.1 Å². The van der Waals surface area contributed by atoms with Crippen molar-refractivity contribution in [3.05, 3.63) is 57.6 Å². The second-order valence-electron chi connectivity index (χ2n) is 3.60. The van der Waals surface area contributed by atoms with E-state index in [1.807, 2.05) is 0 Å². The lowest BCUT2D eigenvalue weighted by molar-refractivity contribution is 0.112. The van der Waals surface area contributed by atoms with E-state index in [9.17, 15) is 13.6 Å². The van der Waals surface area contributed by atoms with Crippen molar-refractivity contribution in [3.8, 4) is 11.5 Å². The summed E-state index contributed by atoms with van der Waals surface area (Å²) in [6.07, 6.45) is 0.423. The summed E-state index contributed by atoms with van der Waals surface area (Å²) in [5, 5.41) is -0.170. The molecule has 0 aliphatic heterocycles. The van der Waals surface area contributed by atoms with Crippen LogP contribution in [0, 0.1) is 11.6 Å². The molecule has 0 saturated carbocycles. The number of hydrogen-bond donors (Lipinski definition) is 0. The van der Waals surface area contributed by atoms with Crippen molar-refractivity contribution in [2.24, 2.45) is 0 Å². The molecule has 0 bridgehead atoms. The molecular formula is C13H6Cl2F2O2. The summed E-state index contributed by atoms with van der Waals surface area (Å²) in [5.41, 5.74) is -0.0257. The molecule has 0 unspecified atom stereocenters. The zero-order valence-electron chi connectivity index (χ0n) is 9.29. The van der Waals surface area contributed by atoms with Gasteiger partial charge in [-0.25, -0.2) is 8.78 Å². The summed E-state index contributed by atoms with van der Waals surface area (Å²) in [7, 11) is 0. The van der Waals surface area contributed by atoms with Gasteiger partial charge in [0.05, 0.1) is 15.6 Å². The van der Waals surface area contributed by atoms with Gasteiger partial charge in [-0.2, -0.15) is 0 Å². The van der Waals surface area contributed by atoms with E-state index >= 15 is 0 Å². The lowest BCUT2D eigenvalue weighted by Gasteiger charge is -2.10. The molecule has 0 fully saturated rings. The van der Waals surface area contributed by atoms with Crippen LogP contribution in [0.15, 0.2) is 30.3 Å². The van der Waals surface area contributed by atoms with Crippen LogP contribution < -0.4 is 4.74 Å². The Labute approximate surface area is 117 Å². The molecule has 98 valence electrons. The summed E-state index contributed by atoms with van der Waals surface area (Å²) in [5.74, 6) is -1.09. The van der Waals surface area contributed by atoms with Gasteiger partial charge >= 0.3 is 0 Å². The standard InChI is InChI=1S/C13H6Cl2F2O2/c14-9-5-13(7(6-18)3-11(9)17)19-12-2-1-8(16)4-10(12)15/h1-6H.